The zero-order chi connectivity index (χ0) is 15.5. The summed E-state index contributed by atoms with van der Waals surface area (Å²) in [5, 5.41) is 0.616. The Morgan fingerprint density at radius 1 is 1.27 bits per heavy atom. The number of rotatable bonds is 4. The van der Waals surface area contributed by atoms with Crippen molar-refractivity contribution in [2.24, 2.45) is 0 Å². The van der Waals surface area contributed by atoms with E-state index in [9.17, 15) is 4.79 Å². The first-order valence-corrected chi connectivity index (χ1v) is 6.98. The molecule has 2 aromatic heterocycles. The number of nitrogens with zero attached hydrogens (tertiary/aromatic N) is 2. The van der Waals surface area contributed by atoms with Gasteiger partial charge in [-0.25, -0.2) is 9.78 Å². The third kappa shape index (κ3) is 3.04. The van der Waals surface area contributed by atoms with Gasteiger partial charge in [-0.15, -0.1) is 0 Å². The van der Waals surface area contributed by atoms with Crippen LogP contribution in [-0.4, -0.2) is 22.5 Å². The van der Waals surface area contributed by atoms with Crippen molar-refractivity contribution in [1.82, 2.24) is 9.38 Å². The summed E-state index contributed by atoms with van der Waals surface area (Å²) in [6.07, 6.45) is 3.53. The molecule has 6 heteroatoms. The van der Waals surface area contributed by atoms with E-state index in [-0.39, 0.29) is 6.61 Å². The topological polar surface area (TPSA) is 52.8 Å². The predicted molar refractivity (Wildman–Crippen MR) is 82.3 cm³/mol. The van der Waals surface area contributed by atoms with Gasteiger partial charge in [-0.3, -0.25) is 0 Å². The van der Waals surface area contributed by atoms with Crippen LogP contribution in [0.1, 0.15) is 16.1 Å². The zero-order valence-corrected chi connectivity index (χ0v) is 12.6. The number of carbonyl (C=O) groups is 1. The lowest BCUT2D eigenvalue weighted by atomic mass is 10.2. The van der Waals surface area contributed by atoms with E-state index in [2.05, 4.69) is 4.98 Å². The first-order chi connectivity index (χ1) is 10.7. The standard InChI is InChI=1S/C16H13ClN2O3/c1-21-14-4-2-3-11(7-14)16(20)22-10-13-9-19-8-12(17)5-6-15(19)18-13/h2-9H,10H2,1H3. The van der Waals surface area contributed by atoms with Crippen LogP contribution < -0.4 is 4.74 Å². The number of ether oxygens (including phenoxy) is 2. The van der Waals surface area contributed by atoms with Gasteiger partial charge in [-0.05, 0) is 30.3 Å². The molecule has 5 nitrogen and oxygen atoms in total. The molecule has 3 aromatic rings. The van der Waals surface area contributed by atoms with Gasteiger partial charge in [0.2, 0.25) is 0 Å². The number of esters is 1. The Balaban J connectivity index is 1.71. The van der Waals surface area contributed by atoms with Gasteiger partial charge in [0.1, 0.15) is 18.0 Å². The Kier molecular flexibility index (Phi) is 3.98. The maximum atomic E-state index is 12.0. The van der Waals surface area contributed by atoms with Crippen LogP contribution in [0.25, 0.3) is 5.65 Å². The zero-order valence-electron chi connectivity index (χ0n) is 11.8. The van der Waals surface area contributed by atoms with E-state index >= 15 is 0 Å². The molecule has 1 aromatic carbocycles. The highest BCUT2D eigenvalue weighted by Crippen LogP contribution is 2.15. The summed E-state index contributed by atoms with van der Waals surface area (Å²) in [5.74, 6) is 0.186. The van der Waals surface area contributed by atoms with Crippen LogP contribution in [-0.2, 0) is 11.3 Å². The van der Waals surface area contributed by atoms with Gasteiger partial charge in [-0.1, -0.05) is 17.7 Å². The number of hydrogen-bond donors (Lipinski definition) is 0. The molecule has 0 aliphatic heterocycles. The molecular formula is C16H13ClN2O3. The Hall–Kier alpha value is -2.53. The summed E-state index contributed by atoms with van der Waals surface area (Å²) in [4.78, 5) is 16.4. The van der Waals surface area contributed by atoms with Gasteiger partial charge in [-0.2, -0.15) is 0 Å². The average molecular weight is 317 g/mol. The van der Waals surface area contributed by atoms with Crippen LogP contribution >= 0.6 is 11.6 Å². The van der Waals surface area contributed by atoms with Crippen molar-refractivity contribution >= 4 is 23.2 Å². The first-order valence-electron chi connectivity index (χ1n) is 6.60. The van der Waals surface area contributed by atoms with Crippen molar-refractivity contribution < 1.29 is 14.3 Å². The minimum Gasteiger partial charge on any atom is -0.497 e. The Morgan fingerprint density at radius 2 is 2.14 bits per heavy atom. The molecule has 0 saturated carbocycles. The molecule has 0 fully saturated rings. The molecule has 2 heterocycles. The molecule has 22 heavy (non-hydrogen) atoms. The summed E-state index contributed by atoms with van der Waals surface area (Å²) in [6.45, 7) is 0.0926. The molecule has 0 N–H and O–H groups in total. The highest BCUT2D eigenvalue weighted by Gasteiger charge is 2.10. The Morgan fingerprint density at radius 3 is 2.95 bits per heavy atom. The summed E-state index contributed by atoms with van der Waals surface area (Å²) >= 11 is 5.92. The fraction of sp³-hybridized carbons (Fsp3) is 0.125. The highest BCUT2D eigenvalue weighted by molar-refractivity contribution is 6.30. The van der Waals surface area contributed by atoms with Crippen LogP contribution in [0.3, 0.4) is 0 Å². The van der Waals surface area contributed by atoms with Gasteiger partial charge in [0, 0.05) is 12.4 Å². The number of fused-ring (bicyclic) bond motifs is 1. The Labute approximate surface area is 132 Å². The van der Waals surface area contributed by atoms with Crippen molar-refractivity contribution in [3.63, 3.8) is 0 Å². The molecule has 0 amide bonds. The lowest BCUT2D eigenvalue weighted by Gasteiger charge is -2.04. The molecule has 0 bridgehead atoms. The number of aromatic nitrogens is 2. The van der Waals surface area contributed by atoms with Crippen LogP contribution in [0.15, 0.2) is 48.8 Å². The maximum absolute atomic E-state index is 12.0. The van der Waals surface area contributed by atoms with Crippen LogP contribution in [0.5, 0.6) is 5.75 Å². The summed E-state index contributed by atoms with van der Waals surface area (Å²) in [7, 11) is 1.55. The second kappa shape index (κ2) is 6.07. The fourth-order valence-corrected chi connectivity index (χ4v) is 2.23. The van der Waals surface area contributed by atoms with Gasteiger partial charge in [0.25, 0.3) is 0 Å². The molecule has 0 atom stereocenters. The van der Waals surface area contributed by atoms with Gasteiger partial charge in [0.05, 0.1) is 23.4 Å². The summed E-state index contributed by atoms with van der Waals surface area (Å²) in [6, 6.07) is 10.4. The molecule has 0 aliphatic carbocycles. The molecule has 3 rings (SSSR count). The van der Waals surface area contributed by atoms with E-state index in [1.807, 2.05) is 0 Å². The van der Waals surface area contributed by atoms with Crippen molar-refractivity contribution in [2.45, 2.75) is 6.61 Å². The van der Waals surface area contributed by atoms with Crippen LogP contribution in [0, 0.1) is 0 Å². The average Bonchev–Trinajstić information content (AvgIpc) is 2.94. The quantitative estimate of drug-likeness (QED) is 0.693. The second-order valence-electron chi connectivity index (χ2n) is 4.65. The molecule has 0 saturated heterocycles. The largest absolute Gasteiger partial charge is 0.497 e. The lowest BCUT2D eigenvalue weighted by molar-refractivity contribution is 0.0468. The smallest absolute Gasteiger partial charge is 0.338 e. The number of imidazole rings is 1. The third-order valence-corrected chi connectivity index (χ3v) is 3.35. The van der Waals surface area contributed by atoms with E-state index in [0.717, 1.165) is 5.65 Å². The van der Waals surface area contributed by atoms with Crippen molar-refractivity contribution in [1.29, 1.82) is 0 Å². The minimum atomic E-state index is -0.422. The van der Waals surface area contributed by atoms with Gasteiger partial charge in [0.15, 0.2) is 0 Å². The monoisotopic (exact) mass is 316 g/mol. The number of carbonyl (C=O) groups excluding carboxylic acids is 1. The second-order valence-corrected chi connectivity index (χ2v) is 5.09. The summed E-state index contributed by atoms with van der Waals surface area (Å²) < 4.78 is 12.1. The molecular weight excluding hydrogens is 304 g/mol. The van der Waals surface area contributed by atoms with Crippen molar-refractivity contribution in [3.05, 3.63) is 65.1 Å². The van der Waals surface area contributed by atoms with E-state index in [0.29, 0.717) is 22.0 Å². The Bertz CT molecular complexity index is 829. The van der Waals surface area contributed by atoms with Crippen molar-refractivity contribution in [3.8, 4) is 5.75 Å². The molecule has 0 aliphatic rings. The number of pyridine rings is 1. The molecule has 0 spiro atoms. The first kappa shape index (κ1) is 14.4. The number of methoxy groups -OCH3 is 1. The van der Waals surface area contributed by atoms with Crippen LogP contribution in [0.4, 0.5) is 0 Å². The van der Waals surface area contributed by atoms with Crippen molar-refractivity contribution in [2.75, 3.05) is 7.11 Å². The fourth-order valence-electron chi connectivity index (χ4n) is 2.06. The predicted octanol–water partition coefficient (Wildman–Crippen LogP) is 3.35. The number of hydrogen-bond acceptors (Lipinski definition) is 4. The number of halogens is 1. The molecule has 0 radical (unpaired) electrons. The van der Waals surface area contributed by atoms with Crippen LogP contribution in [0.2, 0.25) is 5.02 Å². The normalized spacial score (nSPS) is 10.6. The van der Waals surface area contributed by atoms with Gasteiger partial charge < -0.3 is 13.9 Å². The van der Waals surface area contributed by atoms with E-state index in [1.165, 1.54) is 0 Å². The molecule has 112 valence electrons. The van der Waals surface area contributed by atoms with E-state index < -0.39 is 5.97 Å². The minimum absolute atomic E-state index is 0.0926. The maximum Gasteiger partial charge on any atom is 0.338 e. The van der Waals surface area contributed by atoms with E-state index in [1.54, 1.807) is 60.3 Å². The number of benzene rings is 1. The molecule has 0 unspecified atom stereocenters. The summed E-state index contributed by atoms with van der Waals surface area (Å²) in [5.41, 5.74) is 1.83. The third-order valence-electron chi connectivity index (χ3n) is 3.12. The van der Waals surface area contributed by atoms with E-state index in [4.69, 9.17) is 21.1 Å². The lowest BCUT2D eigenvalue weighted by Crippen LogP contribution is -2.05. The van der Waals surface area contributed by atoms with Gasteiger partial charge >= 0.3 is 5.97 Å². The highest BCUT2D eigenvalue weighted by atomic mass is 35.5. The SMILES string of the molecule is COc1cccc(C(=O)OCc2cn3cc(Cl)ccc3n2)c1.